The predicted octanol–water partition coefficient (Wildman–Crippen LogP) is 3.25. The zero-order valence-electron chi connectivity index (χ0n) is 13.8. The summed E-state index contributed by atoms with van der Waals surface area (Å²) in [6, 6.07) is 9.48. The van der Waals surface area contributed by atoms with Crippen LogP contribution in [-0.2, 0) is 6.54 Å². The Balaban J connectivity index is 1.80. The fourth-order valence-corrected chi connectivity index (χ4v) is 2.84. The fraction of sp³-hybridized carbons (Fsp3) is 0.294. The monoisotopic (exact) mass is 346 g/mol. The number of hydrogen-bond donors (Lipinski definition) is 1. The summed E-state index contributed by atoms with van der Waals surface area (Å²) < 4.78 is 12.7. The van der Waals surface area contributed by atoms with Gasteiger partial charge in [0.15, 0.2) is 11.5 Å². The lowest BCUT2D eigenvalue weighted by molar-refractivity contribution is 0.385. The Hall–Kier alpha value is -2.31. The molecule has 0 saturated heterocycles. The van der Waals surface area contributed by atoms with Crippen molar-refractivity contribution in [1.29, 1.82) is 0 Å². The topological polar surface area (TPSA) is 60.7 Å². The molecular formula is C17H19ClN4O2. The molecule has 0 aliphatic heterocycles. The number of pyridine rings is 1. The maximum absolute atomic E-state index is 6.25. The number of rotatable bonds is 6. The summed E-state index contributed by atoms with van der Waals surface area (Å²) in [5.74, 6) is 2.16. The summed E-state index contributed by atoms with van der Waals surface area (Å²) in [5.41, 5.74) is 1.78. The third kappa shape index (κ3) is 3.16. The van der Waals surface area contributed by atoms with E-state index in [2.05, 4.69) is 15.5 Å². The minimum atomic E-state index is 0.0134. The first-order valence-electron chi connectivity index (χ1n) is 7.57. The summed E-state index contributed by atoms with van der Waals surface area (Å²) in [4.78, 5) is 0. The second-order valence-corrected chi connectivity index (χ2v) is 5.78. The summed E-state index contributed by atoms with van der Waals surface area (Å²) in [5, 5.41) is 12.4. The highest BCUT2D eigenvalue weighted by atomic mass is 35.5. The van der Waals surface area contributed by atoms with Crippen LogP contribution >= 0.6 is 11.6 Å². The summed E-state index contributed by atoms with van der Waals surface area (Å²) in [6.07, 6.45) is 1.95. The Labute approximate surface area is 145 Å². The molecular weight excluding hydrogens is 328 g/mol. The molecule has 7 heteroatoms. The van der Waals surface area contributed by atoms with Crippen molar-refractivity contribution >= 4 is 17.2 Å². The van der Waals surface area contributed by atoms with Gasteiger partial charge in [-0.1, -0.05) is 17.7 Å². The molecule has 126 valence electrons. The standard InChI is InChI=1S/C17H19ClN4O2/c1-11(12-8-13(18)15(24-3)9-14(12)23-2)19-10-17-21-20-16-6-4-5-7-22(16)17/h4-9,11,19H,10H2,1-3H3/t11-/m1/s1. The highest BCUT2D eigenvalue weighted by Gasteiger charge is 2.16. The number of nitrogens with zero attached hydrogens (tertiary/aromatic N) is 3. The van der Waals surface area contributed by atoms with Gasteiger partial charge in [-0.05, 0) is 25.1 Å². The Morgan fingerprint density at radius 3 is 2.71 bits per heavy atom. The van der Waals surface area contributed by atoms with Crippen LogP contribution in [0.5, 0.6) is 11.5 Å². The minimum Gasteiger partial charge on any atom is -0.496 e. The molecule has 0 aliphatic carbocycles. The van der Waals surface area contributed by atoms with E-state index in [0.717, 1.165) is 22.8 Å². The van der Waals surface area contributed by atoms with E-state index in [1.807, 2.05) is 41.8 Å². The second kappa shape index (κ2) is 7.07. The molecule has 0 spiro atoms. The summed E-state index contributed by atoms with van der Waals surface area (Å²) in [7, 11) is 3.21. The number of halogens is 1. The number of nitrogens with one attached hydrogen (secondary N) is 1. The lowest BCUT2D eigenvalue weighted by Gasteiger charge is -2.18. The molecule has 0 radical (unpaired) electrons. The first-order valence-corrected chi connectivity index (χ1v) is 7.95. The number of hydrogen-bond acceptors (Lipinski definition) is 5. The van der Waals surface area contributed by atoms with Gasteiger partial charge in [0.1, 0.15) is 11.5 Å². The van der Waals surface area contributed by atoms with Crippen LogP contribution in [0.2, 0.25) is 5.02 Å². The lowest BCUT2D eigenvalue weighted by atomic mass is 10.1. The Kier molecular flexibility index (Phi) is 4.87. The van der Waals surface area contributed by atoms with Gasteiger partial charge in [-0.25, -0.2) is 0 Å². The van der Waals surface area contributed by atoms with E-state index >= 15 is 0 Å². The number of methoxy groups -OCH3 is 2. The second-order valence-electron chi connectivity index (χ2n) is 5.38. The molecule has 0 saturated carbocycles. The van der Waals surface area contributed by atoms with Gasteiger partial charge in [0, 0.05) is 23.9 Å². The molecule has 3 aromatic rings. The van der Waals surface area contributed by atoms with Gasteiger partial charge in [0.2, 0.25) is 0 Å². The van der Waals surface area contributed by atoms with Crippen LogP contribution in [0.25, 0.3) is 5.65 Å². The van der Waals surface area contributed by atoms with Crippen LogP contribution in [0, 0.1) is 0 Å². The van der Waals surface area contributed by atoms with Crippen molar-refractivity contribution < 1.29 is 9.47 Å². The summed E-state index contributed by atoms with van der Waals surface area (Å²) >= 11 is 6.25. The predicted molar refractivity (Wildman–Crippen MR) is 92.8 cm³/mol. The Morgan fingerprint density at radius 2 is 1.96 bits per heavy atom. The van der Waals surface area contributed by atoms with Crippen LogP contribution in [-0.4, -0.2) is 28.8 Å². The molecule has 0 bridgehead atoms. The van der Waals surface area contributed by atoms with Crippen molar-refractivity contribution in [2.24, 2.45) is 0 Å². The highest BCUT2D eigenvalue weighted by Crippen LogP contribution is 2.35. The van der Waals surface area contributed by atoms with E-state index in [1.54, 1.807) is 20.3 Å². The molecule has 24 heavy (non-hydrogen) atoms. The molecule has 6 nitrogen and oxygen atoms in total. The maximum atomic E-state index is 6.25. The molecule has 0 amide bonds. The third-order valence-corrected chi connectivity index (χ3v) is 4.22. The molecule has 1 aromatic carbocycles. The minimum absolute atomic E-state index is 0.0134. The largest absolute Gasteiger partial charge is 0.496 e. The quantitative estimate of drug-likeness (QED) is 0.742. The lowest BCUT2D eigenvalue weighted by Crippen LogP contribution is -2.20. The van der Waals surface area contributed by atoms with Crippen LogP contribution < -0.4 is 14.8 Å². The number of aromatic nitrogens is 3. The van der Waals surface area contributed by atoms with Crippen molar-refractivity contribution in [1.82, 2.24) is 19.9 Å². The van der Waals surface area contributed by atoms with Crippen LogP contribution in [0.15, 0.2) is 36.5 Å². The molecule has 1 atom stereocenters. The molecule has 1 N–H and O–H groups in total. The van der Waals surface area contributed by atoms with Crippen molar-refractivity contribution in [3.63, 3.8) is 0 Å². The molecule has 0 fully saturated rings. The third-order valence-electron chi connectivity index (χ3n) is 3.92. The first kappa shape index (κ1) is 16.5. The normalized spacial score (nSPS) is 12.3. The van der Waals surface area contributed by atoms with E-state index in [0.29, 0.717) is 17.3 Å². The van der Waals surface area contributed by atoms with E-state index in [1.165, 1.54) is 0 Å². The van der Waals surface area contributed by atoms with Crippen molar-refractivity contribution in [2.45, 2.75) is 19.5 Å². The maximum Gasteiger partial charge on any atom is 0.160 e. The highest BCUT2D eigenvalue weighted by molar-refractivity contribution is 6.32. The van der Waals surface area contributed by atoms with Crippen molar-refractivity contribution in [2.75, 3.05) is 14.2 Å². The fourth-order valence-electron chi connectivity index (χ4n) is 2.59. The van der Waals surface area contributed by atoms with Gasteiger partial charge in [0.25, 0.3) is 0 Å². The Morgan fingerprint density at radius 1 is 1.17 bits per heavy atom. The van der Waals surface area contributed by atoms with Gasteiger partial charge in [-0.2, -0.15) is 0 Å². The average molecular weight is 347 g/mol. The molecule has 2 heterocycles. The van der Waals surface area contributed by atoms with Crippen molar-refractivity contribution in [3.05, 3.63) is 52.9 Å². The van der Waals surface area contributed by atoms with Crippen LogP contribution in [0.4, 0.5) is 0 Å². The molecule has 2 aromatic heterocycles. The van der Waals surface area contributed by atoms with Gasteiger partial charge >= 0.3 is 0 Å². The zero-order valence-corrected chi connectivity index (χ0v) is 14.5. The summed E-state index contributed by atoms with van der Waals surface area (Å²) in [6.45, 7) is 2.61. The van der Waals surface area contributed by atoms with Crippen LogP contribution in [0.3, 0.4) is 0 Å². The zero-order chi connectivity index (χ0) is 17.1. The van der Waals surface area contributed by atoms with Gasteiger partial charge < -0.3 is 14.8 Å². The molecule has 0 aliphatic rings. The van der Waals surface area contributed by atoms with Crippen LogP contribution in [0.1, 0.15) is 24.4 Å². The van der Waals surface area contributed by atoms with E-state index in [4.69, 9.17) is 21.1 Å². The molecule has 0 unspecified atom stereocenters. The average Bonchev–Trinajstić information content (AvgIpc) is 3.02. The molecule has 3 rings (SSSR count). The van der Waals surface area contributed by atoms with E-state index in [9.17, 15) is 0 Å². The van der Waals surface area contributed by atoms with Gasteiger partial charge in [0.05, 0.1) is 25.8 Å². The SMILES string of the molecule is COc1cc(OC)c([C@@H](C)NCc2nnc3ccccn23)cc1Cl. The van der Waals surface area contributed by atoms with E-state index < -0.39 is 0 Å². The number of benzene rings is 1. The number of fused-ring (bicyclic) bond motifs is 1. The first-order chi connectivity index (χ1) is 11.6. The Bertz CT molecular complexity index is 850. The van der Waals surface area contributed by atoms with Crippen molar-refractivity contribution in [3.8, 4) is 11.5 Å². The van der Waals surface area contributed by atoms with E-state index in [-0.39, 0.29) is 6.04 Å². The number of ether oxygens (including phenoxy) is 2. The van der Waals surface area contributed by atoms with Gasteiger partial charge in [-0.15, -0.1) is 10.2 Å². The smallest absolute Gasteiger partial charge is 0.160 e. The van der Waals surface area contributed by atoms with Gasteiger partial charge in [-0.3, -0.25) is 4.40 Å².